The number of Topliss-reactive ketones (excluding diaryl/α,β-unsaturated/α-hetero) is 1. The maximum absolute atomic E-state index is 11.9. The van der Waals surface area contributed by atoms with Crippen LogP contribution in [0.1, 0.15) is 16.8 Å². The number of hydrogen-bond acceptors (Lipinski definition) is 3. The monoisotopic (exact) mass is 364 g/mol. The number of ether oxygens (including phenoxy) is 1. The van der Waals surface area contributed by atoms with Gasteiger partial charge in [0.25, 0.3) is 0 Å². The van der Waals surface area contributed by atoms with E-state index in [0.717, 1.165) is 0 Å². The van der Waals surface area contributed by atoms with Crippen molar-refractivity contribution in [2.75, 3.05) is 7.11 Å². The molecule has 6 heteroatoms. The standard InChI is InChI=1S/C11H10Br2O4/c1-17-9-3-2-6(4-7(9)12)11(16)8(13)5-10(14)15/h2-4,8H,5H2,1H3,(H,14,15). The van der Waals surface area contributed by atoms with Gasteiger partial charge in [-0.25, -0.2) is 0 Å². The first-order valence-electron chi connectivity index (χ1n) is 4.69. The lowest BCUT2D eigenvalue weighted by Gasteiger charge is -2.08. The number of carboxylic acids is 1. The number of ketones is 1. The molecule has 92 valence electrons. The molecule has 4 nitrogen and oxygen atoms in total. The molecular weight excluding hydrogens is 356 g/mol. The number of benzene rings is 1. The molecule has 0 saturated heterocycles. The Morgan fingerprint density at radius 3 is 2.59 bits per heavy atom. The van der Waals surface area contributed by atoms with Gasteiger partial charge in [-0.15, -0.1) is 0 Å². The summed E-state index contributed by atoms with van der Waals surface area (Å²) in [6, 6.07) is 4.86. The second-order valence-electron chi connectivity index (χ2n) is 3.28. The van der Waals surface area contributed by atoms with Crippen LogP contribution in [0.3, 0.4) is 0 Å². The van der Waals surface area contributed by atoms with Crippen LogP contribution in [0.4, 0.5) is 0 Å². The number of hydrogen-bond donors (Lipinski definition) is 1. The van der Waals surface area contributed by atoms with Crippen molar-refractivity contribution < 1.29 is 19.4 Å². The Kier molecular flexibility index (Phi) is 5.14. The van der Waals surface area contributed by atoms with Gasteiger partial charge in [0.1, 0.15) is 5.75 Å². The number of alkyl halides is 1. The molecule has 0 aliphatic carbocycles. The largest absolute Gasteiger partial charge is 0.496 e. The first-order chi connectivity index (χ1) is 7.95. The lowest BCUT2D eigenvalue weighted by atomic mass is 10.1. The van der Waals surface area contributed by atoms with E-state index in [1.165, 1.54) is 7.11 Å². The molecular formula is C11H10Br2O4. The predicted molar refractivity (Wildman–Crippen MR) is 70.0 cm³/mol. The third-order valence-corrected chi connectivity index (χ3v) is 3.43. The first kappa shape index (κ1) is 14.2. The highest BCUT2D eigenvalue weighted by atomic mass is 79.9. The summed E-state index contributed by atoms with van der Waals surface area (Å²) < 4.78 is 5.69. The first-order valence-corrected chi connectivity index (χ1v) is 6.40. The van der Waals surface area contributed by atoms with Crippen LogP contribution < -0.4 is 4.74 Å². The fraction of sp³-hybridized carbons (Fsp3) is 0.273. The van der Waals surface area contributed by atoms with E-state index in [0.29, 0.717) is 15.8 Å². The number of carbonyl (C=O) groups excluding carboxylic acids is 1. The van der Waals surface area contributed by atoms with E-state index < -0.39 is 10.8 Å². The molecule has 0 saturated carbocycles. The molecule has 0 aliphatic heterocycles. The van der Waals surface area contributed by atoms with E-state index in [4.69, 9.17) is 9.84 Å². The van der Waals surface area contributed by atoms with E-state index in [1.54, 1.807) is 18.2 Å². The SMILES string of the molecule is COc1ccc(C(=O)C(Br)CC(=O)O)cc1Br. The van der Waals surface area contributed by atoms with Crippen LogP contribution in [0.15, 0.2) is 22.7 Å². The Morgan fingerprint density at radius 2 is 2.12 bits per heavy atom. The van der Waals surface area contributed by atoms with Crippen LogP contribution in [0, 0.1) is 0 Å². The maximum Gasteiger partial charge on any atom is 0.304 e. The summed E-state index contributed by atoms with van der Waals surface area (Å²) >= 11 is 6.33. The molecule has 0 aromatic heterocycles. The van der Waals surface area contributed by atoms with Crippen molar-refractivity contribution in [3.05, 3.63) is 28.2 Å². The summed E-state index contributed by atoms with van der Waals surface area (Å²) in [6.45, 7) is 0. The Bertz CT molecular complexity index is 445. The second-order valence-corrected chi connectivity index (χ2v) is 5.24. The van der Waals surface area contributed by atoms with E-state index in [2.05, 4.69) is 31.9 Å². The number of halogens is 2. The van der Waals surface area contributed by atoms with Crippen LogP contribution in [0.5, 0.6) is 5.75 Å². The number of aliphatic carboxylic acids is 1. The van der Waals surface area contributed by atoms with Gasteiger partial charge in [0, 0.05) is 5.56 Å². The quantitative estimate of drug-likeness (QED) is 0.643. The van der Waals surface area contributed by atoms with Crippen molar-refractivity contribution >= 4 is 43.6 Å². The minimum atomic E-state index is -1.02. The van der Waals surface area contributed by atoms with E-state index in [-0.39, 0.29) is 12.2 Å². The van der Waals surface area contributed by atoms with Gasteiger partial charge in [-0.1, -0.05) is 15.9 Å². The lowest BCUT2D eigenvalue weighted by molar-refractivity contribution is -0.136. The molecule has 1 rings (SSSR count). The number of carbonyl (C=O) groups is 2. The average Bonchev–Trinajstić information content (AvgIpc) is 2.27. The molecule has 0 aliphatic rings. The van der Waals surface area contributed by atoms with Gasteiger partial charge in [-0.2, -0.15) is 0 Å². The van der Waals surface area contributed by atoms with Gasteiger partial charge in [0.2, 0.25) is 0 Å². The second kappa shape index (κ2) is 6.16. The fourth-order valence-corrected chi connectivity index (χ4v) is 2.33. The van der Waals surface area contributed by atoms with Crippen molar-refractivity contribution in [1.82, 2.24) is 0 Å². The zero-order chi connectivity index (χ0) is 13.0. The van der Waals surface area contributed by atoms with Crippen molar-refractivity contribution in [2.24, 2.45) is 0 Å². The molecule has 1 N–H and O–H groups in total. The summed E-state index contributed by atoms with van der Waals surface area (Å²) in [4.78, 5) is 21.6. The minimum Gasteiger partial charge on any atom is -0.496 e. The third kappa shape index (κ3) is 3.81. The molecule has 1 unspecified atom stereocenters. The number of methoxy groups -OCH3 is 1. The minimum absolute atomic E-state index is 0.248. The van der Waals surface area contributed by atoms with Crippen LogP contribution >= 0.6 is 31.9 Å². The molecule has 1 aromatic rings. The summed E-state index contributed by atoms with van der Waals surface area (Å²) in [6.07, 6.45) is -0.248. The molecule has 17 heavy (non-hydrogen) atoms. The highest BCUT2D eigenvalue weighted by molar-refractivity contribution is 9.10. The molecule has 0 heterocycles. The van der Waals surface area contributed by atoms with Crippen LogP contribution in [0.2, 0.25) is 0 Å². The summed E-state index contributed by atoms with van der Waals surface area (Å²) in [5, 5.41) is 8.60. The van der Waals surface area contributed by atoms with E-state index in [1.807, 2.05) is 0 Å². The highest BCUT2D eigenvalue weighted by Gasteiger charge is 2.20. The molecule has 0 amide bonds. The van der Waals surface area contributed by atoms with Crippen molar-refractivity contribution in [2.45, 2.75) is 11.2 Å². The summed E-state index contributed by atoms with van der Waals surface area (Å²) in [7, 11) is 1.53. The van der Waals surface area contributed by atoms with Gasteiger partial charge >= 0.3 is 5.97 Å². The van der Waals surface area contributed by atoms with Crippen LogP contribution in [0.25, 0.3) is 0 Å². The fourth-order valence-electron chi connectivity index (χ4n) is 1.25. The third-order valence-electron chi connectivity index (χ3n) is 2.07. The molecule has 0 spiro atoms. The average molecular weight is 366 g/mol. The zero-order valence-electron chi connectivity index (χ0n) is 8.94. The Morgan fingerprint density at radius 1 is 1.47 bits per heavy atom. The van der Waals surface area contributed by atoms with Gasteiger partial charge in [-0.3, -0.25) is 9.59 Å². The normalized spacial score (nSPS) is 11.9. The number of carboxylic acid groups (broad SMARTS) is 1. The van der Waals surface area contributed by atoms with Gasteiger partial charge < -0.3 is 9.84 Å². The maximum atomic E-state index is 11.9. The van der Waals surface area contributed by atoms with E-state index >= 15 is 0 Å². The Balaban J connectivity index is 2.89. The zero-order valence-corrected chi connectivity index (χ0v) is 12.1. The smallest absolute Gasteiger partial charge is 0.304 e. The molecule has 0 bridgehead atoms. The van der Waals surface area contributed by atoms with Crippen LogP contribution in [-0.4, -0.2) is 28.8 Å². The molecule has 0 radical (unpaired) electrons. The van der Waals surface area contributed by atoms with E-state index in [9.17, 15) is 9.59 Å². The summed E-state index contributed by atoms with van der Waals surface area (Å²) in [5.74, 6) is -0.672. The van der Waals surface area contributed by atoms with Crippen molar-refractivity contribution in [3.8, 4) is 5.75 Å². The molecule has 0 fully saturated rings. The van der Waals surface area contributed by atoms with Crippen LogP contribution in [-0.2, 0) is 4.79 Å². The predicted octanol–water partition coefficient (Wildman–Crippen LogP) is 2.88. The molecule has 1 atom stereocenters. The Labute approximate surface area is 115 Å². The van der Waals surface area contributed by atoms with Gasteiger partial charge in [0.05, 0.1) is 22.8 Å². The van der Waals surface area contributed by atoms with Gasteiger partial charge in [-0.05, 0) is 34.1 Å². The lowest BCUT2D eigenvalue weighted by Crippen LogP contribution is -2.18. The molecule has 1 aromatic carbocycles. The topological polar surface area (TPSA) is 63.6 Å². The van der Waals surface area contributed by atoms with Gasteiger partial charge in [0.15, 0.2) is 5.78 Å². The van der Waals surface area contributed by atoms with Crippen molar-refractivity contribution in [1.29, 1.82) is 0 Å². The van der Waals surface area contributed by atoms with Crippen molar-refractivity contribution in [3.63, 3.8) is 0 Å². The Hall–Kier alpha value is -0.880. The summed E-state index contributed by atoms with van der Waals surface area (Å²) in [5.41, 5.74) is 0.431. The number of rotatable bonds is 5. The highest BCUT2D eigenvalue weighted by Crippen LogP contribution is 2.27.